The van der Waals surface area contributed by atoms with Gasteiger partial charge >= 0.3 is 17.1 Å². The molecule has 0 heterocycles. The van der Waals surface area contributed by atoms with E-state index in [1.54, 1.807) is 32.6 Å². The van der Waals surface area contributed by atoms with Crippen LogP contribution in [0.1, 0.15) is 12.5 Å². The molecule has 0 spiro atoms. The number of carbonyl (C=O) groups excluding carboxylic acids is 2. The summed E-state index contributed by atoms with van der Waals surface area (Å²) in [6.07, 6.45) is 17.2. The normalized spacial score (nSPS) is 17.6. The van der Waals surface area contributed by atoms with E-state index in [9.17, 15) is 19.8 Å². The first kappa shape index (κ1) is 22.5. The van der Waals surface area contributed by atoms with E-state index in [-0.39, 0.29) is 28.6 Å². The fourth-order valence-electron chi connectivity index (χ4n) is 2.04. The van der Waals surface area contributed by atoms with Crippen LogP contribution >= 0.6 is 0 Å². The predicted octanol–water partition coefficient (Wildman–Crippen LogP) is 1.80. The molecule has 4 nitrogen and oxygen atoms in total. The van der Waals surface area contributed by atoms with Crippen LogP contribution in [0.3, 0.4) is 0 Å². The van der Waals surface area contributed by atoms with Gasteiger partial charge in [-0.1, -0.05) is 24.3 Å². The molecule has 2 aliphatic rings. The number of allylic oxidation sites excluding steroid dienone is 1. The molecule has 10 radical (unpaired) electrons. The van der Waals surface area contributed by atoms with Crippen molar-refractivity contribution in [3.8, 4) is 11.5 Å². The van der Waals surface area contributed by atoms with E-state index in [4.69, 9.17) is 0 Å². The first-order valence-corrected chi connectivity index (χ1v) is 7.62. The fourth-order valence-corrected chi connectivity index (χ4v) is 2.04. The van der Waals surface area contributed by atoms with Gasteiger partial charge in [0.05, 0.1) is 5.92 Å². The Morgan fingerprint density at radius 2 is 1.38 bits per heavy atom. The Hall–Kier alpha value is -1.58. The molecule has 5 heteroatoms. The van der Waals surface area contributed by atoms with Gasteiger partial charge in [0.1, 0.15) is 5.78 Å². The van der Waals surface area contributed by atoms with E-state index in [0.717, 1.165) is 5.92 Å². The largest absolute Gasteiger partial charge is 2.00 e. The van der Waals surface area contributed by atoms with Gasteiger partial charge in [0.15, 0.2) is 5.78 Å². The Morgan fingerprint density at radius 1 is 0.846 bits per heavy atom. The summed E-state index contributed by atoms with van der Waals surface area (Å²) in [6, 6.07) is 3.94. The van der Waals surface area contributed by atoms with Crippen molar-refractivity contribution in [3.05, 3.63) is 93.0 Å². The topological polar surface area (TPSA) is 80.3 Å². The second-order valence-electron chi connectivity index (χ2n) is 5.31. The molecular formula is C21H16FeO4. The van der Waals surface area contributed by atoms with Crippen molar-refractivity contribution in [2.24, 2.45) is 0 Å². The van der Waals surface area contributed by atoms with Gasteiger partial charge < -0.3 is 10.2 Å². The summed E-state index contributed by atoms with van der Waals surface area (Å²) in [5.41, 5.74) is 0.550. The van der Waals surface area contributed by atoms with Crippen LogP contribution in [0.2, 0.25) is 0 Å². The summed E-state index contributed by atoms with van der Waals surface area (Å²) in [5, 5.41) is 22.0. The molecule has 0 atom stereocenters. The van der Waals surface area contributed by atoms with Crippen molar-refractivity contribution in [1.29, 1.82) is 0 Å². The SMILES string of the molecule is CC(=O)[C]1[CH][CH][CH][CH]1.O=C(/C=C/c1ccc([O-])c([O-])c1)[C]1[CH][CH][CH][CH]1.[Fe+2]. The smallest absolute Gasteiger partial charge is 0.873 e. The standard InChI is InChI=1S/C14H11O3.C7H7O.Fe/c15-12(11-3-1-2-4-11)7-5-10-6-8-13(16)14(17)9-10;1-6(8)7-4-2-3-5-7;/h1-9,16-17H;2-5H,1H3;/q;;+2/p-2/b7-5+;;. The summed E-state index contributed by atoms with van der Waals surface area (Å²) in [6.45, 7) is 1.56. The van der Waals surface area contributed by atoms with E-state index in [1.807, 2.05) is 25.7 Å². The minimum absolute atomic E-state index is 0. The summed E-state index contributed by atoms with van der Waals surface area (Å²) in [5.74, 6) is 0.301. The van der Waals surface area contributed by atoms with Crippen LogP contribution in [0, 0.1) is 63.2 Å². The average molecular weight is 388 g/mol. The van der Waals surface area contributed by atoms with Crippen molar-refractivity contribution in [3.63, 3.8) is 0 Å². The number of rotatable bonds is 4. The van der Waals surface area contributed by atoms with E-state index in [2.05, 4.69) is 0 Å². The van der Waals surface area contributed by atoms with Crippen LogP contribution < -0.4 is 10.2 Å². The number of benzene rings is 1. The van der Waals surface area contributed by atoms with Gasteiger partial charge in [-0.3, -0.25) is 9.59 Å². The molecule has 0 unspecified atom stereocenters. The van der Waals surface area contributed by atoms with Crippen LogP contribution in [0.25, 0.3) is 6.08 Å². The molecule has 2 aliphatic carbocycles. The van der Waals surface area contributed by atoms with Crippen LogP contribution in [0.4, 0.5) is 0 Å². The summed E-state index contributed by atoms with van der Waals surface area (Å²) in [7, 11) is 0. The number of hydrogen-bond donors (Lipinski definition) is 0. The third-order valence-corrected chi connectivity index (χ3v) is 3.41. The Labute approximate surface area is 166 Å². The third kappa shape index (κ3) is 6.97. The van der Waals surface area contributed by atoms with Gasteiger partial charge in [-0.15, -0.1) is 11.5 Å². The van der Waals surface area contributed by atoms with Crippen LogP contribution in [0.15, 0.2) is 24.3 Å². The Morgan fingerprint density at radius 3 is 1.85 bits per heavy atom. The predicted molar refractivity (Wildman–Crippen MR) is 90.9 cm³/mol. The molecule has 0 amide bonds. The van der Waals surface area contributed by atoms with Crippen molar-refractivity contribution in [2.75, 3.05) is 0 Å². The van der Waals surface area contributed by atoms with Crippen molar-refractivity contribution in [1.82, 2.24) is 0 Å². The maximum absolute atomic E-state index is 11.6. The molecule has 1 aromatic rings. The van der Waals surface area contributed by atoms with Crippen molar-refractivity contribution in [2.45, 2.75) is 6.92 Å². The molecule has 2 fully saturated rings. The molecular weight excluding hydrogens is 372 g/mol. The van der Waals surface area contributed by atoms with E-state index in [0.29, 0.717) is 11.5 Å². The molecule has 132 valence electrons. The first-order valence-electron chi connectivity index (χ1n) is 7.62. The van der Waals surface area contributed by atoms with Crippen LogP contribution in [-0.2, 0) is 26.7 Å². The van der Waals surface area contributed by atoms with Gasteiger partial charge in [0.2, 0.25) is 0 Å². The second kappa shape index (κ2) is 11.2. The van der Waals surface area contributed by atoms with Crippen molar-refractivity contribution < 1.29 is 36.9 Å². The molecule has 3 rings (SSSR count). The molecule has 0 bridgehead atoms. The average Bonchev–Trinajstić information content (AvgIpc) is 3.29. The van der Waals surface area contributed by atoms with Gasteiger partial charge in [-0.25, -0.2) is 0 Å². The number of ketones is 2. The first-order chi connectivity index (χ1) is 12.0. The quantitative estimate of drug-likeness (QED) is 0.582. The molecule has 1 aromatic carbocycles. The van der Waals surface area contributed by atoms with Crippen molar-refractivity contribution >= 4 is 17.6 Å². The summed E-state index contributed by atoms with van der Waals surface area (Å²) < 4.78 is 0. The van der Waals surface area contributed by atoms with Gasteiger partial charge in [-0.05, 0) is 69.9 Å². The zero-order chi connectivity index (χ0) is 18.2. The van der Waals surface area contributed by atoms with Gasteiger partial charge in [0.25, 0.3) is 0 Å². The second-order valence-corrected chi connectivity index (χ2v) is 5.31. The monoisotopic (exact) mass is 388 g/mol. The Balaban J connectivity index is 0.000000318. The summed E-state index contributed by atoms with van der Waals surface area (Å²) >= 11 is 0. The molecule has 0 aliphatic heterocycles. The zero-order valence-electron chi connectivity index (χ0n) is 14.0. The minimum Gasteiger partial charge on any atom is -0.873 e. The van der Waals surface area contributed by atoms with E-state index >= 15 is 0 Å². The molecule has 2 saturated carbocycles. The number of Topliss-reactive ketones (excluding diaryl/α,β-unsaturated/α-hetero) is 1. The molecule has 0 N–H and O–H groups in total. The maximum Gasteiger partial charge on any atom is 2.00 e. The Kier molecular flexibility index (Phi) is 9.68. The van der Waals surface area contributed by atoms with E-state index in [1.165, 1.54) is 30.4 Å². The zero-order valence-corrected chi connectivity index (χ0v) is 15.1. The number of carbonyl (C=O) groups is 2. The molecule has 0 aromatic heterocycles. The van der Waals surface area contributed by atoms with E-state index < -0.39 is 11.5 Å². The number of hydrogen-bond acceptors (Lipinski definition) is 4. The summed E-state index contributed by atoms with van der Waals surface area (Å²) in [4.78, 5) is 22.1. The van der Waals surface area contributed by atoms with Gasteiger partial charge in [-0.2, -0.15) is 0 Å². The van der Waals surface area contributed by atoms with Crippen LogP contribution in [-0.4, -0.2) is 11.6 Å². The molecule has 0 saturated heterocycles. The van der Waals surface area contributed by atoms with Crippen LogP contribution in [0.5, 0.6) is 11.5 Å². The third-order valence-electron chi connectivity index (χ3n) is 3.41. The fraction of sp³-hybridized carbons (Fsp3) is 0.0476. The maximum atomic E-state index is 11.6. The van der Waals surface area contributed by atoms with Gasteiger partial charge in [0, 0.05) is 5.92 Å². The minimum atomic E-state index is -0.562. The Bertz CT molecular complexity index is 627. The molecule has 26 heavy (non-hydrogen) atoms.